The van der Waals surface area contributed by atoms with Crippen molar-refractivity contribution in [2.24, 2.45) is 5.73 Å². The summed E-state index contributed by atoms with van der Waals surface area (Å²) in [6.45, 7) is 0. The Labute approximate surface area is 120 Å². The van der Waals surface area contributed by atoms with Gasteiger partial charge in [0.15, 0.2) is 0 Å². The summed E-state index contributed by atoms with van der Waals surface area (Å²) in [7, 11) is 0. The van der Waals surface area contributed by atoms with Crippen LogP contribution in [0.4, 0.5) is 18.9 Å². The fraction of sp³-hybridized carbons (Fsp3) is 0.571. The molecule has 0 spiro atoms. The molecule has 0 saturated carbocycles. The van der Waals surface area contributed by atoms with Gasteiger partial charge < -0.3 is 10.6 Å². The predicted molar refractivity (Wildman–Crippen MR) is 73.0 cm³/mol. The quantitative estimate of drug-likeness (QED) is 0.854. The summed E-state index contributed by atoms with van der Waals surface area (Å²) in [4.78, 5) is 2.11. The van der Waals surface area contributed by atoms with Crippen molar-refractivity contribution in [3.63, 3.8) is 0 Å². The van der Waals surface area contributed by atoms with E-state index in [1.165, 1.54) is 12.1 Å². The molecule has 2 bridgehead atoms. The number of benzene rings is 1. The first-order valence-electron chi connectivity index (χ1n) is 6.77. The van der Waals surface area contributed by atoms with Gasteiger partial charge in [0.2, 0.25) is 0 Å². The number of nitrogens with two attached hydrogens (primary N) is 1. The zero-order valence-electron chi connectivity index (χ0n) is 10.8. The van der Waals surface area contributed by atoms with E-state index >= 15 is 0 Å². The Morgan fingerprint density at radius 1 is 1.15 bits per heavy atom. The van der Waals surface area contributed by atoms with Crippen LogP contribution in [-0.2, 0) is 6.18 Å². The second-order valence-electron chi connectivity index (χ2n) is 5.69. The van der Waals surface area contributed by atoms with Crippen molar-refractivity contribution in [3.8, 4) is 0 Å². The van der Waals surface area contributed by atoms with Crippen molar-refractivity contribution < 1.29 is 13.2 Å². The molecule has 2 aliphatic heterocycles. The van der Waals surface area contributed by atoms with E-state index in [0.717, 1.165) is 25.7 Å². The van der Waals surface area contributed by atoms with Gasteiger partial charge in [-0.3, -0.25) is 0 Å². The highest BCUT2D eigenvalue weighted by Gasteiger charge is 2.41. The zero-order chi connectivity index (χ0) is 14.5. The lowest BCUT2D eigenvalue weighted by Gasteiger charge is -2.39. The third-order valence-corrected chi connectivity index (χ3v) is 4.65. The molecular weight excluding hydrogens is 289 g/mol. The number of fused-ring (bicyclic) bond motifs is 2. The van der Waals surface area contributed by atoms with Gasteiger partial charge in [0.1, 0.15) is 0 Å². The first-order chi connectivity index (χ1) is 9.36. The van der Waals surface area contributed by atoms with Crippen LogP contribution in [0, 0.1) is 0 Å². The molecular formula is C14H16ClF3N2. The topological polar surface area (TPSA) is 29.3 Å². The molecule has 20 heavy (non-hydrogen) atoms. The summed E-state index contributed by atoms with van der Waals surface area (Å²) in [5, 5.41) is -0.248. The summed E-state index contributed by atoms with van der Waals surface area (Å²) in [6, 6.07) is 4.87. The van der Waals surface area contributed by atoms with E-state index in [1.807, 2.05) is 0 Å². The van der Waals surface area contributed by atoms with Crippen LogP contribution < -0.4 is 10.6 Å². The lowest BCUT2D eigenvalue weighted by molar-refractivity contribution is -0.137. The number of hydrogen-bond acceptors (Lipinski definition) is 2. The molecule has 2 fully saturated rings. The molecule has 2 nitrogen and oxygen atoms in total. The number of halogens is 4. The van der Waals surface area contributed by atoms with Gasteiger partial charge in [0.25, 0.3) is 0 Å². The molecule has 0 aliphatic carbocycles. The maximum absolute atomic E-state index is 12.9. The third kappa shape index (κ3) is 2.37. The molecule has 2 atom stereocenters. The standard InChI is InChI=1S/C14H16ClF3N2/c15-13-4-3-11(7-12(13)14(16,17)18)20-9-1-2-10(20)6-8(19)5-9/h3-4,7-10H,1-2,5-6,19H2. The van der Waals surface area contributed by atoms with Crippen LogP contribution in [0.3, 0.4) is 0 Å². The number of piperidine rings is 1. The summed E-state index contributed by atoms with van der Waals surface area (Å²) in [5.74, 6) is 0. The van der Waals surface area contributed by atoms with Crippen LogP contribution in [0.15, 0.2) is 18.2 Å². The minimum atomic E-state index is -4.42. The summed E-state index contributed by atoms with van der Waals surface area (Å²) in [6.07, 6.45) is -0.718. The van der Waals surface area contributed by atoms with E-state index in [1.54, 1.807) is 6.07 Å². The van der Waals surface area contributed by atoms with Crippen molar-refractivity contribution in [2.45, 2.75) is 50.0 Å². The summed E-state index contributed by atoms with van der Waals surface area (Å²) in [5.41, 5.74) is 5.85. The van der Waals surface area contributed by atoms with Gasteiger partial charge in [-0.1, -0.05) is 11.6 Å². The molecule has 1 aromatic carbocycles. The average Bonchev–Trinajstić information content (AvgIpc) is 2.62. The highest BCUT2D eigenvalue weighted by Crippen LogP contribution is 2.42. The van der Waals surface area contributed by atoms with Gasteiger partial charge in [-0.25, -0.2) is 0 Å². The predicted octanol–water partition coefficient (Wildman–Crippen LogP) is 3.82. The van der Waals surface area contributed by atoms with Gasteiger partial charge in [-0.05, 0) is 43.9 Å². The Bertz CT molecular complexity index is 504. The van der Waals surface area contributed by atoms with Crippen molar-refractivity contribution in [1.82, 2.24) is 0 Å². The number of anilines is 1. The molecule has 2 aliphatic rings. The number of alkyl halides is 3. The largest absolute Gasteiger partial charge is 0.417 e. The minimum Gasteiger partial charge on any atom is -0.365 e. The minimum absolute atomic E-state index is 0.165. The van der Waals surface area contributed by atoms with Gasteiger partial charge in [0, 0.05) is 23.8 Å². The van der Waals surface area contributed by atoms with Crippen LogP contribution in [0.5, 0.6) is 0 Å². The Morgan fingerprint density at radius 3 is 2.30 bits per heavy atom. The lowest BCUT2D eigenvalue weighted by atomic mass is 9.97. The van der Waals surface area contributed by atoms with Gasteiger partial charge >= 0.3 is 6.18 Å². The SMILES string of the molecule is NC1CC2CCC(C1)N2c1ccc(Cl)c(C(F)(F)F)c1. The second kappa shape index (κ2) is 4.81. The van der Waals surface area contributed by atoms with Gasteiger partial charge in [-0.2, -0.15) is 13.2 Å². The van der Waals surface area contributed by atoms with Crippen LogP contribution >= 0.6 is 11.6 Å². The highest BCUT2D eigenvalue weighted by atomic mass is 35.5. The summed E-state index contributed by atoms with van der Waals surface area (Å²) < 4.78 is 38.8. The van der Waals surface area contributed by atoms with E-state index in [-0.39, 0.29) is 23.1 Å². The smallest absolute Gasteiger partial charge is 0.365 e. The average molecular weight is 305 g/mol. The second-order valence-corrected chi connectivity index (χ2v) is 6.09. The van der Waals surface area contributed by atoms with Crippen LogP contribution in [0.1, 0.15) is 31.2 Å². The monoisotopic (exact) mass is 304 g/mol. The first-order valence-corrected chi connectivity index (χ1v) is 7.14. The Kier molecular flexibility index (Phi) is 3.37. The van der Waals surface area contributed by atoms with Crippen molar-refractivity contribution >= 4 is 17.3 Å². The normalized spacial score (nSPS) is 29.9. The Morgan fingerprint density at radius 2 is 1.75 bits per heavy atom. The molecule has 2 saturated heterocycles. The molecule has 6 heteroatoms. The lowest BCUT2D eigenvalue weighted by Crippen LogP contribution is -2.47. The van der Waals surface area contributed by atoms with Gasteiger partial charge in [-0.15, -0.1) is 0 Å². The van der Waals surface area contributed by atoms with E-state index in [0.29, 0.717) is 5.69 Å². The molecule has 110 valence electrons. The van der Waals surface area contributed by atoms with Gasteiger partial charge in [0.05, 0.1) is 10.6 Å². The van der Waals surface area contributed by atoms with E-state index in [2.05, 4.69) is 4.90 Å². The maximum atomic E-state index is 12.9. The van der Waals surface area contributed by atoms with E-state index in [9.17, 15) is 13.2 Å². The first kappa shape index (κ1) is 14.0. The highest BCUT2D eigenvalue weighted by molar-refractivity contribution is 6.31. The third-order valence-electron chi connectivity index (χ3n) is 4.32. The van der Waals surface area contributed by atoms with E-state index in [4.69, 9.17) is 17.3 Å². The molecule has 2 unspecified atom stereocenters. The van der Waals surface area contributed by atoms with Crippen LogP contribution in [0.2, 0.25) is 5.02 Å². The van der Waals surface area contributed by atoms with Crippen LogP contribution in [-0.4, -0.2) is 18.1 Å². The number of rotatable bonds is 1. The van der Waals surface area contributed by atoms with Crippen molar-refractivity contribution in [3.05, 3.63) is 28.8 Å². The Hall–Kier alpha value is -0.940. The zero-order valence-corrected chi connectivity index (χ0v) is 11.6. The fourth-order valence-electron chi connectivity index (χ4n) is 3.53. The van der Waals surface area contributed by atoms with Crippen LogP contribution in [0.25, 0.3) is 0 Å². The molecule has 3 rings (SSSR count). The molecule has 0 amide bonds. The van der Waals surface area contributed by atoms with E-state index < -0.39 is 11.7 Å². The number of hydrogen-bond donors (Lipinski definition) is 1. The maximum Gasteiger partial charge on any atom is 0.417 e. The summed E-state index contributed by atoms with van der Waals surface area (Å²) >= 11 is 5.67. The Balaban J connectivity index is 1.96. The van der Waals surface area contributed by atoms with Crippen molar-refractivity contribution in [2.75, 3.05) is 4.90 Å². The molecule has 2 heterocycles. The molecule has 2 N–H and O–H groups in total. The fourth-order valence-corrected chi connectivity index (χ4v) is 3.76. The molecule has 1 aromatic rings. The molecule has 0 aromatic heterocycles. The van der Waals surface area contributed by atoms with Crippen molar-refractivity contribution in [1.29, 1.82) is 0 Å². The molecule has 0 radical (unpaired) electrons. The number of nitrogens with zero attached hydrogens (tertiary/aromatic N) is 1.